The standard InChI is InChI=1S/C25H23ClN6OS/c1-33-22-13-7-18(8-14-22)16-31-24(28-29-30-31)23-15-27-32(21-11-9-20(26)10-12-21)25(23)34-17-19-5-3-2-4-6-19/h2-15,29-30H,16-17H2,1H3. The maximum absolute atomic E-state index is 6.12. The maximum Gasteiger partial charge on any atom is 0.177 e. The molecule has 1 aliphatic heterocycles. The second-order valence-electron chi connectivity index (χ2n) is 7.62. The Balaban J connectivity index is 1.46. The maximum atomic E-state index is 6.12. The number of benzene rings is 3. The van der Waals surface area contributed by atoms with E-state index in [-0.39, 0.29) is 0 Å². The van der Waals surface area contributed by atoms with Crippen molar-refractivity contribution in [2.45, 2.75) is 17.3 Å². The van der Waals surface area contributed by atoms with Crippen LogP contribution in [0.2, 0.25) is 5.02 Å². The molecule has 4 aromatic rings. The summed E-state index contributed by atoms with van der Waals surface area (Å²) in [7, 11) is 1.67. The molecule has 3 aromatic carbocycles. The van der Waals surface area contributed by atoms with E-state index in [1.807, 2.05) is 70.5 Å². The lowest BCUT2D eigenvalue weighted by molar-refractivity contribution is 0.287. The van der Waals surface area contributed by atoms with Gasteiger partial charge >= 0.3 is 0 Å². The molecule has 0 saturated heterocycles. The molecule has 0 spiro atoms. The first-order valence-electron chi connectivity index (χ1n) is 10.7. The van der Waals surface area contributed by atoms with E-state index in [9.17, 15) is 0 Å². The van der Waals surface area contributed by atoms with E-state index in [4.69, 9.17) is 21.4 Å². The van der Waals surface area contributed by atoms with Crippen LogP contribution in [0.25, 0.3) is 5.69 Å². The van der Waals surface area contributed by atoms with E-state index in [1.165, 1.54) is 5.56 Å². The van der Waals surface area contributed by atoms with E-state index in [2.05, 4.69) is 40.4 Å². The molecule has 7 nitrogen and oxygen atoms in total. The van der Waals surface area contributed by atoms with Crippen LogP contribution in [-0.4, -0.2) is 27.7 Å². The number of hydrazone groups is 1. The van der Waals surface area contributed by atoms with Crippen molar-refractivity contribution >= 4 is 29.2 Å². The third-order valence-electron chi connectivity index (χ3n) is 5.36. The van der Waals surface area contributed by atoms with Crippen LogP contribution in [0.4, 0.5) is 0 Å². The van der Waals surface area contributed by atoms with E-state index in [0.717, 1.165) is 39.2 Å². The van der Waals surface area contributed by atoms with Crippen molar-refractivity contribution in [1.82, 2.24) is 25.9 Å². The molecule has 172 valence electrons. The summed E-state index contributed by atoms with van der Waals surface area (Å²) in [4.78, 5) is 0. The van der Waals surface area contributed by atoms with Crippen molar-refractivity contribution in [3.8, 4) is 11.4 Å². The number of nitrogens with zero attached hydrogens (tertiary/aromatic N) is 4. The van der Waals surface area contributed by atoms with Crippen molar-refractivity contribution in [2.75, 3.05) is 7.11 Å². The molecule has 0 aliphatic carbocycles. The molecular formula is C25H23ClN6OS. The number of hydrogen-bond donors (Lipinski definition) is 2. The van der Waals surface area contributed by atoms with E-state index in [1.54, 1.807) is 18.9 Å². The average Bonchev–Trinajstić information content (AvgIpc) is 3.51. The normalized spacial score (nSPS) is 13.0. The number of nitrogens with one attached hydrogen (secondary N) is 2. The van der Waals surface area contributed by atoms with Crippen molar-refractivity contribution in [3.05, 3.63) is 107 Å². The first kappa shape index (κ1) is 22.3. The summed E-state index contributed by atoms with van der Waals surface area (Å²) in [5, 5.41) is 12.9. The fourth-order valence-corrected chi connectivity index (χ4v) is 4.80. The van der Waals surface area contributed by atoms with Gasteiger partial charge in [-0.1, -0.05) is 54.1 Å². The van der Waals surface area contributed by atoms with Gasteiger partial charge in [0.15, 0.2) is 5.84 Å². The summed E-state index contributed by atoms with van der Waals surface area (Å²) in [5.41, 5.74) is 10.2. The van der Waals surface area contributed by atoms with Gasteiger partial charge in [-0.25, -0.2) is 10.2 Å². The molecular weight excluding hydrogens is 468 g/mol. The van der Waals surface area contributed by atoms with Crippen molar-refractivity contribution in [2.24, 2.45) is 5.10 Å². The first-order valence-corrected chi connectivity index (χ1v) is 12.1. The highest BCUT2D eigenvalue weighted by molar-refractivity contribution is 7.98. The van der Waals surface area contributed by atoms with Crippen molar-refractivity contribution < 1.29 is 4.74 Å². The summed E-state index contributed by atoms with van der Waals surface area (Å²) in [6.45, 7) is 0.616. The zero-order valence-corrected chi connectivity index (χ0v) is 20.1. The molecule has 2 heterocycles. The quantitative estimate of drug-likeness (QED) is 0.338. The Kier molecular flexibility index (Phi) is 6.71. The minimum absolute atomic E-state index is 0.616. The largest absolute Gasteiger partial charge is 0.497 e. The van der Waals surface area contributed by atoms with Gasteiger partial charge in [0.25, 0.3) is 0 Å². The number of aromatic nitrogens is 2. The van der Waals surface area contributed by atoms with Gasteiger partial charge in [0.1, 0.15) is 10.8 Å². The van der Waals surface area contributed by atoms with Crippen LogP contribution in [-0.2, 0) is 12.3 Å². The SMILES string of the molecule is COc1ccc(CN2NNN=C2c2cnn(-c3ccc(Cl)cc3)c2SCc2ccccc2)cc1. The van der Waals surface area contributed by atoms with Crippen LogP contribution in [0.15, 0.2) is 95.2 Å². The second-order valence-corrected chi connectivity index (χ2v) is 9.02. The zero-order chi connectivity index (χ0) is 23.3. The number of ether oxygens (including phenoxy) is 1. The number of halogens is 1. The van der Waals surface area contributed by atoms with E-state index in [0.29, 0.717) is 11.6 Å². The highest BCUT2D eigenvalue weighted by Gasteiger charge is 2.25. The van der Waals surface area contributed by atoms with Gasteiger partial charge in [-0.2, -0.15) is 5.10 Å². The molecule has 0 fully saturated rings. The minimum atomic E-state index is 0.616. The highest BCUT2D eigenvalue weighted by atomic mass is 35.5. The average molecular weight is 491 g/mol. The molecule has 2 N–H and O–H groups in total. The Morgan fingerprint density at radius 2 is 1.71 bits per heavy atom. The Labute approximate surface area is 207 Å². The summed E-state index contributed by atoms with van der Waals surface area (Å²) in [5.74, 6) is 2.40. The third-order valence-corrected chi connectivity index (χ3v) is 6.75. The number of rotatable bonds is 8. The lowest BCUT2D eigenvalue weighted by Gasteiger charge is -2.19. The molecule has 1 aliphatic rings. The molecule has 0 saturated carbocycles. The Hall–Kier alpha value is -3.46. The summed E-state index contributed by atoms with van der Waals surface area (Å²) >= 11 is 7.84. The molecule has 34 heavy (non-hydrogen) atoms. The monoisotopic (exact) mass is 490 g/mol. The Morgan fingerprint density at radius 3 is 2.44 bits per heavy atom. The van der Waals surface area contributed by atoms with Crippen LogP contribution in [0.3, 0.4) is 0 Å². The number of hydrogen-bond acceptors (Lipinski definition) is 7. The van der Waals surface area contributed by atoms with Crippen LogP contribution in [0.1, 0.15) is 16.7 Å². The number of methoxy groups -OCH3 is 1. The molecule has 0 unspecified atom stereocenters. The number of hydrazine groups is 2. The zero-order valence-electron chi connectivity index (χ0n) is 18.5. The predicted molar refractivity (Wildman–Crippen MR) is 136 cm³/mol. The summed E-state index contributed by atoms with van der Waals surface area (Å²) in [6.07, 6.45) is 1.86. The van der Waals surface area contributed by atoms with Gasteiger partial charge in [0.2, 0.25) is 0 Å². The molecule has 5 rings (SSSR count). The predicted octanol–water partition coefficient (Wildman–Crippen LogP) is 5.01. The first-order chi connectivity index (χ1) is 16.7. The molecule has 9 heteroatoms. The smallest absolute Gasteiger partial charge is 0.177 e. The number of thioether (sulfide) groups is 1. The minimum Gasteiger partial charge on any atom is -0.497 e. The van der Waals surface area contributed by atoms with Gasteiger partial charge in [0.05, 0.1) is 31.1 Å². The number of amidine groups is 1. The van der Waals surface area contributed by atoms with Gasteiger partial charge in [-0.05, 0) is 47.5 Å². The summed E-state index contributed by atoms with van der Waals surface area (Å²) < 4.78 is 7.21. The lowest BCUT2D eigenvalue weighted by atomic mass is 10.2. The van der Waals surface area contributed by atoms with Gasteiger partial charge in [-0.3, -0.25) is 5.01 Å². The molecule has 0 bridgehead atoms. The van der Waals surface area contributed by atoms with Crippen molar-refractivity contribution in [3.63, 3.8) is 0 Å². The van der Waals surface area contributed by atoms with E-state index >= 15 is 0 Å². The fourth-order valence-electron chi connectivity index (χ4n) is 3.61. The van der Waals surface area contributed by atoms with Crippen LogP contribution in [0.5, 0.6) is 5.75 Å². The van der Waals surface area contributed by atoms with Gasteiger partial charge < -0.3 is 4.74 Å². The Bertz CT molecular complexity index is 1280. The van der Waals surface area contributed by atoms with Gasteiger partial charge in [0, 0.05) is 10.8 Å². The van der Waals surface area contributed by atoms with Crippen LogP contribution < -0.4 is 15.8 Å². The molecule has 1 aromatic heterocycles. The molecule has 0 amide bonds. The fraction of sp³-hybridized carbons (Fsp3) is 0.120. The summed E-state index contributed by atoms with van der Waals surface area (Å²) in [6, 6.07) is 26.1. The molecule has 0 radical (unpaired) electrons. The van der Waals surface area contributed by atoms with Crippen LogP contribution in [0, 0.1) is 0 Å². The topological polar surface area (TPSA) is 66.7 Å². The third kappa shape index (κ3) is 4.89. The van der Waals surface area contributed by atoms with Crippen LogP contribution >= 0.6 is 23.4 Å². The second kappa shape index (κ2) is 10.2. The lowest BCUT2D eigenvalue weighted by Crippen LogP contribution is -2.40. The van der Waals surface area contributed by atoms with Crippen molar-refractivity contribution in [1.29, 1.82) is 0 Å². The molecule has 0 atom stereocenters. The Morgan fingerprint density at radius 1 is 0.941 bits per heavy atom. The van der Waals surface area contributed by atoms with E-state index < -0.39 is 0 Å². The highest BCUT2D eigenvalue weighted by Crippen LogP contribution is 2.31. The van der Waals surface area contributed by atoms with Gasteiger partial charge in [-0.15, -0.1) is 22.4 Å².